The number of nitrogens with zero attached hydrogens (tertiary/aromatic N) is 1. The molecule has 1 fully saturated rings. The van der Waals surface area contributed by atoms with Crippen LogP contribution in [-0.2, 0) is 9.59 Å². The summed E-state index contributed by atoms with van der Waals surface area (Å²) < 4.78 is 1.05. The van der Waals surface area contributed by atoms with Crippen molar-refractivity contribution in [2.45, 2.75) is 0 Å². The van der Waals surface area contributed by atoms with Gasteiger partial charge in [-0.05, 0) is 82.8 Å². The summed E-state index contributed by atoms with van der Waals surface area (Å²) in [5, 5.41) is 3.17. The first-order valence-electron chi connectivity index (χ1n) is 7.95. The average molecular weight is 510 g/mol. The SMILES string of the molecule is O=C1NC(=S)N(c2ccc(Cl)cc2)C(=O)C1=Cc1ccc(-c2ccc(Br)s2)s1. The third kappa shape index (κ3) is 3.83. The maximum atomic E-state index is 13.0. The second kappa shape index (κ2) is 7.88. The number of amides is 2. The van der Waals surface area contributed by atoms with E-state index in [0.29, 0.717) is 10.7 Å². The largest absolute Gasteiger partial charge is 0.298 e. The smallest absolute Gasteiger partial charge is 0.270 e. The molecule has 0 aliphatic carbocycles. The highest BCUT2D eigenvalue weighted by Crippen LogP contribution is 2.36. The first kappa shape index (κ1) is 19.5. The quantitative estimate of drug-likeness (QED) is 0.279. The normalized spacial score (nSPS) is 16.0. The topological polar surface area (TPSA) is 49.4 Å². The van der Waals surface area contributed by atoms with E-state index in [1.165, 1.54) is 16.2 Å². The molecular weight excluding hydrogens is 500 g/mol. The van der Waals surface area contributed by atoms with Crippen LogP contribution in [0.4, 0.5) is 5.69 Å². The van der Waals surface area contributed by atoms with E-state index in [0.717, 1.165) is 18.4 Å². The molecule has 28 heavy (non-hydrogen) atoms. The fourth-order valence-corrected chi connectivity index (χ4v) is 5.47. The summed E-state index contributed by atoms with van der Waals surface area (Å²) >= 11 is 17.7. The second-order valence-corrected chi connectivity index (χ2v) is 10.1. The number of hydrogen-bond donors (Lipinski definition) is 1. The molecule has 1 aliphatic heterocycles. The third-order valence-corrected chi connectivity index (χ3v) is 7.30. The van der Waals surface area contributed by atoms with Gasteiger partial charge in [0.15, 0.2) is 5.11 Å². The summed E-state index contributed by atoms with van der Waals surface area (Å²) in [5.74, 6) is -0.973. The van der Waals surface area contributed by atoms with Crippen LogP contribution in [0, 0.1) is 0 Å². The first-order chi connectivity index (χ1) is 13.4. The van der Waals surface area contributed by atoms with Gasteiger partial charge >= 0.3 is 0 Å². The molecule has 1 aromatic carbocycles. The van der Waals surface area contributed by atoms with Gasteiger partial charge in [0.05, 0.1) is 9.47 Å². The average Bonchev–Trinajstić information content (AvgIpc) is 3.29. The molecule has 0 radical (unpaired) electrons. The van der Waals surface area contributed by atoms with Gasteiger partial charge in [0, 0.05) is 19.7 Å². The zero-order valence-corrected chi connectivity index (χ0v) is 18.7. The van der Waals surface area contributed by atoms with E-state index in [-0.39, 0.29) is 10.7 Å². The van der Waals surface area contributed by atoms with E-state index in [2.05, 4.69) is 21.2 Å². The Kier molecular flexibility index (Phi) is 5.48. The van der Waals surface area contributed by atoms with Gasteiger partial charge in [-0.15, -0.1) is 22.7 Å². The van der Waals surface area contributed by atoms with Crippen molar-refractivity contribution in [1.29, 1.82) is 0 Å². The molecule has 0 saturated carbocycles. The summed E-state index contributed by atoms with van der Waals surface area (Å²) in [7, 11) is 0. The number of thiocarbonyl (C=S) groups is 1. The minimum Gasteiger partial charge on any atom is -0.298 e. The molecule has 1 N–H and O–H groups in total. The molecule has 9 heteroatoms. The van der Waals surface area contributed by atoms with Crippen LogP contribution >= 0.6 is 62.4 Å². The van der Waals surface area contributed by atoms with Crippen LogP contribution in [0.1, 0.15) is 4.88 Å². The highest BCUT2D eigenvalue weighted by molar-refractivity contribution is 9.11. The van der Waals surface area contributed by atoms with Crippen LogP contribution < -0.4 is 10.2 Å². The Labute approximate surface area is 187 Å². The van der Waals surface area contributed by atoms with E-state index in [4.69, 9.17) is 23.8 Å². The van der Waals surface area contributed by atoms with Crippen LogP contribution in [0.5, 0.6) is 0 Å². The maximum absolute atomic E-state index is 13.0. The van der Waals surface area contributed by atoms with Crippen LogP contribution in [-0.4, -0.2) is 16.9 Å². The molecule has 3 heterocycles. The summed E-state index contributed by atoms with van der Waals surface area (Å²) in [6.45, 7) is 0. The van der Waals surface area contributed by atoms with Crippen molar-refractivity contribution < 1.29 is 9.59 Å². The molecule has 0 atom stereocenters. The molecule has 1 saturated heterocycles. The van der Waals surface area contributed by atoms with Gasteiger partial charge in [0.25, 0.3) is 11.8 Å². The summed E-state index contributed by atoms with van der Waals surface area (Å²) in [6, 6.07) is 14.6. The Balaban J connectivity index is 1.67. The molecule has 4 nitrogen and oxygen atoms in total. The third-order valence-electron chi connectivity index (χ3n) is 3.92. The Morgan fingerprint density at radius 2 is 1.68 bits per heavy atom. The number of rotatable bonds is 3. The zero-order chi connectivity index (χ0) is 19.8. The van der Waals surface area contributed by atoms with Gasteiger partial charge in [-0.25, -0.2) is 0 Å². The lowest BCUT2D eigenvalue weighted by atomic mass is 10.1. The predicted octanol–water partition coefficient (Wildman–Crippen LogP) is 5.72. The van der Waals surface area contributed by atoms with Gasteiger partial charge in [0.1, 0.15) is 5.57 Å². The Morgan fingerprint density at radius 3 is 2.36 bits per heavy atom. The van der Waals surface area contributed by atoms with E-state index in [9.17, 15) is 9.59 Å². The van der Waals surface area contributed by atoms with Gasteiger partial charge in [-0.2, -0.15) is 0 Å². The number of carbonyl (C=O) groups excluding carboxylic acids is 2. The lowest BCUT2D eigenvalue weighted by Crippen LogP contribution is -2.54. The van der Waals surface area contributed by atoms with Crippen LogP contribution in [0.2, 0.25) is 5.02 Å². The fraction of sp³-hybridized carbons (Fsp3) is 0. The summed E-state index contributed by atoms with van der Waals surface area (Å²) in [6.07, 6.45) is 1.60. The van der Waals surface area contributed by atoms with Crippen molar-refractivity contribution in [3.63, 3.8) is 0 Å². The van der Waals surface area contributed by atoms with Crippen LogP contribution in [0.15, 0.2) is 57.9 Å². The summed E-state index contributed by atoms with van der Waals surface area (Å²) in [4.78, 5) is 29.7. The van der Waals surface area contributed by atoms with Gasteiger partial charge < -0.3 is 0 Å². The molecular formula is C19H10BrClN2O2S3. The number of hydrogen-bond acceptors (Lipinski definition) is 5. The van der Waals surface area contributed by atoms with E-state index in [1.807, 2.05) is 24.3 Å². The standard InChI is InChI=1S/C19H10BrClN2O2S3/c20-16-8-7-15(28-16)14-6-5-12(27-14)9-13-17(24)22-19(26)23(18(13)25)11-3-1-10(21)2-4-11/h1-9H,(H,22,24,26). The second-order valence-electron chi connectivity index (χ2n) is 5.74. The number of nitrogens with one attached hydrogen (secondary N) is 1. The monoisotopic (exact) mass is 508 g/mol. The molecule has 1 aliphatic rings. The highest BCUT2D eigenvalue weighted by Gasteiger charge is 2.34. The van der Waals surface area contributed by atoms with E-state index >= 15 is 0 Å². The van der Waals surface area contributed by atoms with Gasteiger partial charge in [-0.3, -0.25) is 19.8 Å². The van der Waals surface area contributed by atoms with Gasteiger partial charge in [-0.1, -0.05) is 11.6 Å². The zero-order valence-electron chi connectivity index (χ0n) is 13.9. The minimum absolute atomic E-state index is 0.0318. The van der Waals surface area contributed by atoms with Crippen molar-refractivity contribution in [2.75, 3.05) is 4.90 Å². The molecule has 140 valence electrons. The van der Waals surface area contributed by atoms with Crippen LogP contribution in [0.3, 0.4) is 0 Å². The molecule has 0 bridgehead atoms. The van der Waals surface area contributed by atoms with Crippen molar-refractivity contribution in [2.24, 2.45) is 0 Å². The fourth-order valence-electron chi connectivity index (χ4n) is 2.63. The Morgan fingerprint density at radius 1 is 1.00 bits per heavy atom. The highest BCUT2D eigenvalue weighted by atomic mass is 79.9. The number of halogens is 2. The van der Waals surface area contributed by atoms with Crippen molar-refractivity contribution in [3.05, 3.63) is 67.8 Å². The molecule has 0 spiro atoms. The van der Waals surface area contributed by atoms with Crippen molar-refractivity contribution in [3.8, 4) is 9.75 Å². The van der Waals surface area contributed by atoms with Gasteiger partial charge in [0.2, 0.25) is 0 Å². The molecule has 2 amide bonds. The van der Waals surface area contributed by atoms with E-state index < -0.39 is 11.8 Å². The molecule has 3 aromatic rings. The minimum atomic E-state index is -0.506. The number of benzene rings is 1. The van der Waals surface area contributed by atoms with Crippen molar-refractivity contribution >= 4 is 91.1 Å². The number of carbonyl (C=O) groups is 2. The lowest BCUT2D eigenvalue weighted by Gasteiger charge is -2.28. The Hall–Kier alpha value is -1.84. The Bertz CT molecular complexity index is 1130. The number of anilines is 1. The summed E-state index contributed by atoms with van der Waals surface area (Å²) in [5.41, 5.74) is 0.574. The van der Waals surface area contributed by atoms with Crippen molar-refractivity contribution in [1.82, 2.24) is 5.32 Å². The van der Waals surface area contributed by atoms with Crippen LogP contribution in [0.25, 0.3) is 15.8 Å². The molecule has 0 unspecified atom stereocenters. The maximum Gasteiger partial charge on any atom is 0.270 e. The number of thiophene rings is 2. The first-order valence-corrected chi connectivity index (χ1v) is 11.2. The molecule has 4 rings (SSSR count). The predicted molar refractivity (Wildman–Crippen MR) is 123 cm³/mol. The lowest BCUT2D eigenvalue weighted by molar-refractivity contribution is -0.122. The van der Waals surface area contributed by atoms with E-state index in [1.54, 1.807) is 41.7 Å². The molecule has 2 aromatic heterocycles.